The molecule has 0 heterocycles. The largest absolute Gasteiger partial charge is 0.393 e. The van der Waals surface area contributed by atoms with Crippen LogP contribution < -0.4 is 0 Å². The van der Waals surface area contributed by atoms with Crippen molar-refractivity contribution < 1.29 is 5.11 Å². The molecule has 0 unspecified atom stereocenters. The van der Waals surface area contributed by atoms with E-state index in [0.717, 1.165) is 25.2 Å². The number of aliphatic hydroxyl groups excluding tert-OH is 1. The Kier molecular flexibility index (Phi) is 33.6. The number of allylic oxidation sites excluding steroid dienone is 1. The van der Waals surface area contributed by atoms with Crippen LogP contribution in [0.2, 0.25) is 0 Å². The summed E-state index contributed by atoms with van der Waals surface area (Å²) in [4.78, 5) is 0. The number of aliphatic hydroxyl groups is 1. The minimum atomic E-state index is -0.0554. The predicted molar refractivity (Wildman–Crippen MR) is 179 cm³/mol. The van der Waals surface area contributed by atoms with Crippen LogP contribution in [0.1, 0.15) is 219 Å². The van der Waals surface area contributed by atoms with Crippen molar-refractivity contribution in [2.45, 2.75) is 225 Å². The number of unbranched alkanes of at least 4 members (excludes halogenated alkanes) is 26. The molecular formula is C38H76O. The van der Waals surface area contributed by atoms with Crippen molar-refractivity contribution in [3.05, 3.63) is 12.7 Å². The van der Waals surface area contributed by atoms with Gasteiger partial charge in [-0.15, -0.1) is 6.58 Å². The molecule has 0 aliphatic carbocycles. The molecule has 0 amide bonds. The first-order valence-corrected chi connectivity index (χ1v) is 18.5. The molecule has 0 aromatic heterocycles. The summed E-state index contributed by atoms with van der Waals surface area (Å²) in [5.74, 6) is 0.774. The summed E-state index contributed by atoms with van der Waals surface area (Å²) in [7, 11) is 0. The van der Waals surface area contributed by atoms with Crippen LogP contribution in [0.4, 0.5) is 0 Å². The minimum Gasteiger partial charge on any atom is -0.393 e. The second kappa shape index (κ2) is 33.9. The average Bonchev–Trinajstić information content (AvgIpc) is 2.93. The van der Waals surface area contributed by atoms with E-state index in [1.807, 2.05) is 6.08 Å². The third-order valence-electron chi connectivity index (χ3n) is 8.94. The Morgan fingerprint density at radius 1 is 0.436 bits per heavy atom. The third-order valence-corrected chi connectivity index (χ3v) is 8.94. The van der Waals surface area contributed by atoms with E-state index in [2.05, 4.69) is 20.4 Å². The number of hydrogen-bond acceptors (Lipinski definition) is 1. The number of hydrogen-bond donors (Lipinski definition) is 1. The highest BCUT2D eigenvalue weighted by Crippen LogP contribution is 2.18. The zero-order valence-corrected chi connectivity index (χ0v) is 27.5. The smallest absolute Gasteiger partial charge is 0.0540 e. The molecule has 0 fully saturated rings. The molecule has 0 rings (SSSR count). The highest BCUT2D eigenvalue weighted by atomic mass is 16.3. The monoisotopic (exact) mass is 549 g/mol. The Balaban J connectivity index is 3.13. The van der Waals surface area contributed by atoms with E-state index in [1.165, 1.54) is 186 Å². The topological polar surface area (TPSA) is 20.2 Å². The molecule has 1 heteroatoms. The van der Waals surface area contributed by atoms with Crippen LogP contribution in [0.5, 0.6) is 0 Å². The summed E-state index contributed by atoms with van der Waals surface area (Å²) in [6, 6.07) is 0. The van der Waals surface area contributed by atoms with Crippen LogP contribution in [-0.2, 0) is 0 Å². The molecular weight excluding hydrogens is 472 g/mol. The van der Waals surface area contributed by atoms with Crippen molar-refractivity contribution in [2.75, 3.05) is 0 Å². The Hall–Kier alpha value is -0.300. The molecule has 1 N–H and O–H groups in total. The zero-order chi connectivity index (χ0) is 28.5. The predicted octanol–water partition coefficient (Wildman–Crippen LogP) is 13.7. The highest BCUT2D eigenvalue weighted by Gasteiger charge is 2.05. The normalized spacial score (nSPS) is 13.1. The fraction of sp³-hybridized carbons (Fsp3) is 0.947. The van der Waals surface area contributed by atoms with E-state index in [4.69, 9.17) is 0 Å². The summed E-state index contributed by atoms with van der Waals surface area (Å²) in [6.45, 7) is 8.45. The second-order valence-electron chi connectivity index (χ2n) is 13.2. The van der Waals surface area contributed by atoms with Crippen LogP contribution >= 0.6 is 0 Å². The molecule has 0 radical (unpaired) electrons. The van der Waals surface area contributed by atoms with Gasteiger partial charge in [-0.2, -0.15) is 0 Å². The van der Waals surface area contributed by atoms with Crippen LogP contribution in [-0.4, -0.2) is 11.2 Å². The van der Waals surface area contributed by atoms with Crippen molar-refractivity contribution in [2.24, 2.45) is 5.92 Å². The Bertz CT molecular complexity index is 444. The number of rotatable bonds is 34. The van der Waals surface area contributed by atoms with Gasteiger partial charge in [0.1, 0.15) is 0 Å². The standard InChI is InChI=1S/C38H76O/c1-4-6-7-8-9-10-11-12-13-14-15-16-17-18-19-20-21-22-23-24-25-26-27-28-31-35-38(39)36-32-29-30-34-37(3)33-5-2/h5,37-39H,2,4,6-36H2,1,3H3/t37-,38+/m1/s1. The maximum absolute atomic E-state index is 10.2. The van der Waals surface area contributed by atoms with Gasteiger partial charge >= 0.3 is 0 Å². The lowest BCUT2D eigenvalue weighted by Gasteiger charge is -2.11. The van der Waals surface area contributed by atoms with Gasteiger partial charge in [0, 0.05) is 0 Å². The highest BCUT2D eigenvalue weighted by molar-refractivity contribution is 4.70. The Morgan fingerprint density at radius 2 is 0.692 bits per heavy atom. The van der Waals surface area contributed by atoms with Crippen molar-refractivity contribution in [1.29, 1.82) is 0 Å². The van der Waals surface area contributed by atoms with E-state index >= 15 is 0 Å². The second-order valence-corrected chi connectivity index (χ2v) is 13.2. The van der Waals surface area contributed by atoms with Crippen LogP contribution in [0.3, 0.4) is 0 Å². The van der Waals surface area contributed by atoms with Crippen molar-refractivity contribution >= 4 is 0 Å². The molecule has 1 nitrogen and oxygen atoms in total. The van der Waals surface area contributed by atoms with Gasteiger partial charge in [-0.1, -0.05) is 206 Å². The van der Waals surface area contributed by atoms with Crippen LogP contribution in [0.15, 0.2) is 12.7 Å². The molecule has 0 saturated heterocycles. The van der Waals surface area contributed by atoms with Gasteiger partial charge in [-0.25, -0.2) is 0 Å². The van der Waals surface area contributed by atoms with Gasteiger partial charge < -0.3 is 5.11 Å². The van der Waals surface area contributed by atoms with E-state index in [0.29, 0.717) is 0 Å². The lowest BCUT2D eigenvalue weighted by atomic mass is 9.98. The lowest BCUT2D eigenvalue weighted by Crippen LogP contribution is -2.06. The molecule has 234 valence electrons. The fourth-order valence-corrected chi connectivity index (χ4v) is 6.12. The molecule has 0 bridgehead atoms. The van der Waals surface area contributed by atoms with Crippen molar-refractivity contribution in [1.82, 2.24) is 0 Å². The van der Waals surface area contributed by atoms with Gasteiger partial charge in [0.25, 0.3) is 0 Å². The van der Waals surface area contributed by atoms with Gasteiger partial charge in [-0.3, -0.25) is 0 Å². The van der Waals surface area contributed by atoms with E-state index in [1.54, 1.807) is 0 Å². The summed E-state index contributed by atoms with van der Waals surface area (Å²) in [5.41, 5.74) is 0. The Labute approximate surface area is 248 Å². The maximum Gasteiger partial charge on any atom is 0.0540 e. The quantitative estimate of drug-likeness (QED) is 0.0626. The van der Waals surface area contributed by atoms with Gasteiger partial charge in [0.05, 0.1) is 6.10 Å². The first-order valence-electron chi connectivity index (χ1n) is 18.5. The average molecular weight is 549 g/mol. The molecule has 0 aliphatic rings. The van der Waals surface area contributed by atoms with E-state index in [9.17, 15) is 5.11 Å². The van der Waals surface area contributed by atoms with Gasteiger partial charge in [-0.05, 0) is 25.2 Å². The molecule has 39 heavy (non-hydrogen) atoms. The van der Waals surface area contributed by atoms with Crippen LogP contribution in [0, 0.1) is 5.92 Å². The first-order chi connectivity index (χ1) is 19.2. The summed E-state index contributed by atoms with van der Waals surface area (Å²) in [5, 5.41) is 10.2. The third kappa shape index (κ3) is 33.8. The minimum absolute atomic E-state index is 0.0554. The fourth-order valence-electron chi connectivity index (χ4n) is 6.12. The SMILES string of the molecule is C=CC[C@@H](C)CCCCC[C@@H](O)CCCCCCCCCCCCCCCCCCCCCCCCCCC. The summed E-state index contributed by atoms with van der Waals surface area (Å²) >= 11 is 0. The van der Waals surface area contributed by atoms with Crippen LogP contribution in [0.25, 0.3) is 0 Å². The molecule has 0 saturated carbocycles. The molecule has 0 spiro atoms. The maximum atomic E-state index is 10.2. The molecule has 0 aliphatic heterocycles. The van der Waals surface area contributed by atoms with E-state index < -0.39 is 0 Å². The molecule has 0 aromatic rings. The Morgan fingerprint density at radius 3 is 1.00 bits per heavy atom. The summed E-state index contributed by atoms with van der Waals surface area (Å²) < 4.78 is 0. The zero-order valence-electron chi connectivity index (χ0n) is 27.5. The van der Waals surface area contributed by atoms with Gasteiger partial charge in [0.15, 0.2) is 0 Å². The molecule has 2 atom stereocenters. The lowest BCUT2D eigenvalue weighted by molar-refractivity contribution is 0.147. The van der Waals surface area contributed by atoms with Gasteiger partial charge in [0.2, 0.25) is 0 Å². The van der Waals surface area contributed by atoms with E-state index in [-0.39, 0.29) is 6.10 Å². The van der Waals surface area contributed by atoms with Crippen molar-refractivity contribution in [3.63, 3.8) is 0 Å². The first kappa shape index (κ1) is 38.7. The molecule has 0 aromatic carbocycles. The van der Waals surface area contributed by atoms with Crippen molar-refractivity contribution in [3.8, 4) is 0 Å². The summed E-state index contributed by atoms with van der Waals surface area (Å²) in [6.07, 6.45) is 46.2.